The topological polar surface area (TPSA) is 138 Å². The number of aliphatic hydroxyl groups is 1. The van der Waals surface area contributed by atoms with Crippen LogP contribution in [0, 0.1) is 6.92 Å². The van der Waals surface area contributed by atoms with E-state index in [2.05, 4.69) is 20.8 Å². The fourth-order valence-electron chi connectivity index (χ4n) is 1.33. The first-order valence-corrected chi connectivity index (χ1v) is 5.70. The van der Waals surface area contributed by atoms with Crippen molar-refractivity contribution in [3.63, 3.8) is 0 Å². The number of hydrogen-bond donors (Lipinski definition) is 4. The molecular weight excluding hydrogens is 256 g/mol. The lowest BCUT2D eigenvalue weighted by Crippen LogP contribution is -2.46. The van der Waals surface area contributed by atoms with E-state index in [9.17, 15) is 9.59 Å². The van der Waals surface area contributed by atoms with E-state index in [0.717, 1.165) is 0 Å². The van der Waals surface area contributed by atoms with Crippen molar-refractivity contribution in [1.29, 1.82) is 0 Å². The second kappa shape index (κ2) is 7.31. The molecule has 1 heterocycles. The summed E-state index contributed by atoms with van der Waals surface area (Å²) in [6.07, 6.45) is 0.329. The highest BCUT2D eigenvalue weighted by Crippen LogP contribution is 1.95. The molecule has 0 aromatic carbocycles. The van der Waals surface area contributed by atoms with Crippen LogP contribution in [-0.2, 0) is 11.2 Å². The summed E-state index contributed by atoms with van der Waals surface area (Å²) >= 11 is 0. The molecule has 19 heavy (non-hydrogen) atoms. The number of aryl methyl sites for hydroxylation is 1. The Bertz CT molecular complexity index is 433. The van der Waals surface area contributed by atoms with Crippen molar-refractivity contribution < 1.29 is 24.3 Å². The fourth-order valence-corrected chi connectivity index (χ4v) is 1.33. The van der Waals surface area contributed by atoms with Gasteiger partial charge in [0.1, 0.15) is 6.04 Å². The average molecular weight is 272 g/mol. The maximum absolute atomic E-state index is 11.4. The Morgan fingerprint density at radius 3 is 2.74 bits per heavy atom. The zero-order valence-electron chi connectivity index (χ0n) is 10.4. The first-order chi connectivity index (χ1) is 9.02. The number of carboxylic acids is 1. The standard InChI is InChI=1S/C10H16N4O5/c1-6-12-8(14-19-6)2-4-11-10(18)13-7(3-5-15)9(16)17/h7,15H,2-5H2,1H3,(H,16,17)(H2,11,13,18). The van der Waals surface area contributed by atoms with E-state index in [0.29, 0.717) is 18.1 Å². The molecule has 0 saturated carbocycles. The molecule has 2 amide bonds. The molecule has 0 bridgehead atoms. The maximum atomic E-state index is 11.4. The summed E-state index contributed by atoms with van der Waals surface area (Å²) in [5.41, 5.74) is 0. The molecule has 106 valence electrons. The zero-order chi connectivity index (χ0) is 14.3. The summed E-state index contributed by atoms with van der Waals surface area (Å²) in [5.74, 6) is -0.297. The Balaban J connectivity index is 2.28. The lowest BCUT2D eigenvalue weighted by Gasteiger charge is -2.13. The first kappa shape index (κ1) is 14.9. The third-order valence-electron chi connectivity index (χ3n) is 2.22. The van der Waals surface area contributed by atoms with Crippen molar-refractivity contribution in [1.82, 2.24) is 20.8 Å². The van der Waals surface area contributed by atoms with Crippen molar-refractivity contribution >= 4 is 12.0 Å². The second-order valence-electron chi connectivity index (χ2n) is 3.78. The third kappa shape index (κ3) is 5.34. The Morgan fingerprint density at radius 1 is 1.47 bits per heavy atom. The minimum Gasteiger partial charge on any atom is -0.480 e. The van der Waals surface area contributed by atoms with E-state index in [1.807, 2.05) is 0 Å². The van der Waals surface area contributed by atoms with Crippen molar-refractivity contribution in [2.24, 2.45) is 0 Å². The molecular formula is C10H16N4O5. The smallest absolute Gasteiger partial charge is 0.326 e. The number of aromatic nitrogens is 2. The number of carbonyl (C=O) groups excluding carboxylic acids is 1. The van der Waals surface area contributed by atoms with E-state index >= 15 is 0 Å². The van der Waals surface area contributed by atoms with Crippen LogP contribution >= 0.6 is 0 Å². The number of amides is 2. The molecule has 0 saturated heterocycles. The van der Waals surface area contributed by atoms with Crippen molar-refractivity contribution in [3.05, 3.63) is 11.7 Å². The van der Waals surface area contributed by atoms with Gasteiger partial charge in [-0.3, -0.25) is 0 Å². The number of carbonyl (C=O) groups is 2. The fraction of sp³-hybridized carbons (Fsp3) is 0.600. The Morgan fingerprint density at radius 2 is 2.21 bits per heavy atom. The van der Waals surface area contributed by atoms with Crippen molar-refractivity contribution in [2.45, 2.75) is 25.8 Å². The first-order valence-electron chi connectivity index (χ1n) is 5.70. The van der Waals surface area contributed by atoms with Gasteiger partial charge in [-0.25, -0.2) is 9.59 Å². The Hall–Kier alpha value is -2.16. The van der Waals surface area contributed by atoms with Crippen LogP contribution in [0.2, 0.25) is 0 Å². The molecule has 1 aromatic rings. The monoisotopic (exact) mass is 272 g/mol. The summed E-state index contributed by atoms with van der Waals surface area (Å²) in [7, 11) is 0. The Labute approximate surface area is 109 Å². The Kier molecular flexibility index (Phi) is 5.73. The minimum absolute atomic E-state index is 0.0488. The van der Waals surface area contributed by atoms with Crippen molar-refractivity contribution in [2.75, 3.05) is 13.2 Å². The molecule has 1 rings (SSSR count). The van der Waals surface area contributed by atoms with E-state index < -0.39 is 18.0 Å². The molecule has 0 radical (unpaired) electrons. The predicted octanol–water partition coefficient (Wildman–Crippen LogP) is -0.945. The molecule has 1 aromatic heterocycles. The molecule has 0 aliphatic rings. The summed E-state index contributed by atoms with van der Waals surface area (Å²) in [5, 5.41) is 25.8. The molecule has 0 aliphatic carbocycles. The number of nitrogens with one attached hydrogen (secondary N) is 2. The van der Waals surface area contributed by atoms with Crippen LogP contribution < -0.4 is 10.6 Å². The van der Waals surface area contributed by atoms with E-state index in [1.54, 1.807) is 6.92 Å². The largest absolute Gasteiger partial charge is 0.480 e. The molecule has 1 unspecified atom stereocenters. The van der Waals surface area contributed by atoms with Gasteiger partial charge in [-0.1, -0.05) is 5.16 Å². The SMILES string of the molecule is Cc1nc(CCNC(=O)NC(CCO)C(=O)O)no1. The number of aliphatic hydroxyl groups excluding tert-OH is 1. The lowest BCUT2D eigenvalue weighted by molar-refractivity contribution is -0.139. The molecule has 0 spiro atoms. The van der Waals surface area contributed by atoms with Gasteiger partial charge in [0, 0.05) is 32.9 Å². The van der Waals surface area contributed by atoms with Crippen LogP contribution in [0.5, 0.6) is 0 Å². The predicted molar refractivity (Wildman–Crippen MR) is 62.4 cm³/mol. The van der Waals surface area contributed by atoms with E-state index in [-0.39, 0.29) is 19.6 Å². The van der Waals surface area contributed by atoms with Crippen molar-refractivity contribution in [3.8, 4) is 0 Å². The van der Waals surface area contributed by atoms with Crippen LogP contribution in [0.15, 0.2) is 4.52 Å². The number of rotatable bonds is 7. The number of hydrogen-bond acceptors (Lipinski definition) is 6. The molecule has 1 atom stereocenters. The van der Waals surface area contributed by atoms with Crippen LogP contribution in [0.4, 0.5) is 4.79 Å². The van der Waals surface area contributed by atoms with Crippen LogP contribution in [0.25, 0.3) is 0 Å². The second-order valence-corrected chi connectivity index (χ2v) is 3.78. The van der Waals surface area contributed by atoms with Gasteiger partial charge in [0.15, 0.2) is 5.82 Å². The average Bonchev–Trinajstić information content (AvgIpc) is 2.74. The highest BCUT2D eigenvalue weighted by atomic mass is 16.5. The number of urea groups is 1. The quantitative estimate of drug-likeness (QED) is 0.502. The van der Waals surface area contributed by atoms with E-state index in [1.165, 1.54) is 0 Å². The highest BCUT2D eigenvalue weighted by Gasteiger charge is 2.18. The van der Waals surface area contributed by atoms with Gasteiger partial charge in [-0.05, 0) is 0 Å². The van der Waals surface area contributed by atoms with Gasteiger partial charge in [0.25, 0.3) is 0 Å². The summed E-state index contributed by atoms with van der Waals surface area (Å²) in [4.78, 5) is 26.1. The molecule has 9 heteroatoms. The van der Waals surface area contributed by atoms with Gasteiger partial charge in [-0.15, -0.1) is 0 Å². The van der Waals surface area contributed by atoms with Gasteiger partial charge < -0.3 is 25.4 Å². The van der Waals surface area contributed by atoms with Crippen LogP contribution in [0.1, 0.15) is 18.1 Å². The van der Waals surface area contributed by atoms with Gasteiger partial charge >= 0.3 is 12.0 Å². The maximum Gasteiger partial charge on any atom is 0.326 e. The molecule has 9 nitrogen and oxygen atoms in total. The lowest BCUT2D eigenvalue weighted by atomic mass is 10.2. The third-order valence-corrected chi connectivity index (χ3v) is 2.22. The molecule has 0 aliphatic heterocycles. The number of carboxylic acid groups (broad SMARTS) is 1. The highest BCUT2D eigenvalue weighted by molar-refractivity contribution is 5.82. The van der Waals surface area contributed by atoms with Crippen LogP contribution in [0.3, 0.4) is 0 Å². The molecule has 4 N–H and O–H groups in total. The zero-order valence-corrected chi connectivity index (χ0v) is 10.4. The summed E-state index contributed by atoms with van der Waals surface area (Å²) in [6, 6.07) is -1.74. The van der Waals surface area contributed by atoms with Crippen LogP contribution in [-0.4, -0.2) is 51.5 Å². The number of aliphatic carboxylic acids is 1. The van der Waals surface area contributed by atoms with Gasteiger partial charge in [0.2, 0.25) is 5.89 Å². The normalized spacial score (nSPS) is 11.9. The van der Waals surface area contributed by atoms with Gasteiger partial charge in [-0.2, -0.15) is 4.98 Å². The molecule has 0 fully saturated rings. The summed E-state index contributed by atoms with van der Waals surface area (Å²) in [6.45, 7) is 1.58. The minimum atomic E-state index is -1.20. The van der Waals surface area contributed by atoms with E-state index in [4.69, 9.17) is 14.7 Å². The van der Waals surface area contributed by atoms with Gasteiger partial charge in [0.05, 0.1) is 0 Å². The summed E-state index contributed by atoms with van der Waals surface area (Å²) < 4.78 is 4.76. The number of nitrogens with zero attached hydrogens (tertiary/aromatic N) is 2.